The quantitative estimate of drug-likeness (QED) is 0.650. The third-order valence-corrected chi connectivity index (χ3v) is 3.55. The zero-order valence-electron chi connectivity index (χ0n) is 14.6. The molecule has 0 atom stereocenters. The molecule has 27 heavy (non-hydrogen) atoms. The Kier molecular flexibility index (Phi) is 5.93. The molecule has 140 valence electrons. The van der Waals surface area contributed by atoms with Gasteiger partial charge in [0.15, 0.2) is 12.4 Å². The van der Waals surface area contributed by atoms with E-state index in [0.717, 1.165) is 5.75 Å². The number of aromatic nitrogens is 4. The van der Waals surface area contributed by atoms with Crippen molar-refractivity contribution in [3.05, 3.63) is 60.2 Å². The van der Waals surface area contributed by atoms with Gasteiger partial charge in [0, 0.05) is 0 Å². The standard InChI is InChI=1S/C18H18FN5O3/c1-2-26-15-7-9-16(10-8-15)27-12-18(25)20-11-17-21-22-23-24(17)14-5-3-13(19)4-6-14/h3-10H,2,11-12H2,1H3,(H,20,25). The molecule has 0 fully saturated rings. The van der Waals surface area contributed by atoms with Crippen LogP contribution in [0.4, 0.5) is 4.39 Å². The largest absolute Gasteiger partial charge is 0.494 e. The lowest BCUT2D eigenvalue weighted by molar-refractivity contribution is -0.123. The van der Waals surface area contributed by atoms with E-state index in [1.54, 1.807) is 36.4 Å². The van der Waals surface area contributed by atoms with Gasteiger partial charge in [0.1, 0.15) is 17.3 Å². The normalized spacial score (nSPS) is 10.4. The number of benzene rings is 2. The van der Waals surface area contributed by atoms with Gasteiger partial charge in [-0.1, -0.05) is 0 Å². The molecule has 1 aromatic heterocycles. The molecular formula is C18H18FN5O3. The van der Waals surface area contributed by atoms with Crippen LogP contribution in [0.5, 0.6) is 11.5 Å². The summed E-state index contributed by atoms with van der Waals surface area (Å²) in [5.41, 5.74) is 0.594. The molecule has 0 aliphatic carbocycles. The molecular weight excluding hydrogens is 353 g/mol. The van der Waals surface area contributed by atoms with Crippen molar-refractivity contribution >= 4 is 5.91 Å². The first-order valence-corrected chi connectivity index (χ1v) is 8.31. The number of ether oxygens (including phenoxy) is 2. The van der Waals surface area contributed by atoms with E-state index >= 15 is 0 Å². The first-order chi connectivity index (χ1) is 13.2. The Balaban J connectivity index is 1.51. The van der Waals surface area contributed by atoms with E-state index in [0.29, 0.717) is 23.9 Å². The summed E-state index contributed by atoms with van der Waals surface area (Å²) in [6.07, 6.45) is 0. The van der Waals surface area contributed by atoms with Gasteiger partial charge in [0.25, 0.3) is 5.91 Å². The van der Waals surface area contributed by atoms with Gasteiger partial charge in [-0.25, -0.2) is 4.39 Å². The number of halogens is 1. The molecule has 0 bridgehead atoms. The number of hydrogen-bond acceptors (Lipinski definition) is 6. The molecule has 0 radical (unpaired) electrons. The van der Waals surface area contributed by atoms with Crippen LogP contribution in [-0.4, -0.2) is 39.3 Å². The van der Waals surface area contributed by atoms with Crippen molar-refractivity contribution in [2.45, 2.75) is 13.5 Å². The van der Waals surface area contributed by atoms with Crippen LogP contribution in [0.25, 0.3) is 5.69 Å². The summed E-state index contributed by atoms with van der Waals surface area (Å²) in [7, 11) is 0. The van der Waals surface area contributed by atoms with Crippen molar-refractivity contribution in [1.29, 1.82) is 0 Å². The zero-order chi connectivity index (χ0) is 19.1. The maximum Gasteiger partial charge on any atom is 0.258 e. The van der Waals surface area contributed by atoms with Gasteiger partial charge >= 0.3 is 0 Å². The predicted octanol–water partition coefficient (Wildman–Crippen LogP) is 1.90. The van der Waals surface area contributed by atoms with E-state index in [4.69, 9.17) is 9.47 Å². The Morgan fingerprint density at radius 2 is 1.74 bits per heavy atom. The van der Waals surface area contributed by atoms with Crippen LogP contribution in [0.15, 0.2) is 48.5 Å². The molecule has 0 unspecified atom stereocenters. The molecule has 0 saturated heterocycles. The van der Waals surface area contributed by atoms with Crippen molar-refractivity contribution in [2.24, 2.45) is 0 Å². The van der Waals surface area contributed by atoms with Gasteiger partial charge < -0.3 is 14.8 Å². The molecule has 9 heteroatoms. The van der Waals surface area contributed by atoms with Gasteiger partial charge in [-0.05, 0) is 65.9 Å². The summed E-state index contributed by atoms with van der Waals surface area (Å²) in [6, 6.07) is 12.7. The summed E-state index contributed by atoms with van der Waals surface area (Å²) >= 11 is 0. The van der Waals surface area contributed by atoms with Crippen LogP contribution < -0.4 is 14.8 Å². The van der Waals surface area contributed by atoms with Gasteiger partial charge in [-0.2, -0.15) is 4.68 Å². The molecule has 0 spiro atoms. The molecule has 0 aliphatic rings. The smallest absolute Gasteiger partial charge is 0.258 e. The Labute approximate surface area is 154 Å². The fourth-order valence-electron chi connectivity index (χ4n) is 2.28. The summed E-state index contributed by atoms with van der Waals surface area (Å²) in [6.45, 7) is 2.45. The van der Waals surface area contributed by atoms with Crippen LogP contribution in [0.1, 0.15) is 12.7 Å². The van der Waals surface area contributed by atoms with Crippen molar-refractivity contribution < 1.29 is 18.7 Å². The monoisotopic (exact) mass is 371 g/mol. The van der Waals surface area contributed by atoms with Crippen molar-refractivity contribution in [2.75, 3.05) is 13.2 Å². The van der Waals surface area contributed by atoms with Gasteiger partial charge in [0.2, 0.25) is 0 Å². The first-order valence-electron chi connectivity index (χ1n) is 8.31. The summed E-state index contributed by atoms with van der Waals surface area (Å²) < 4.78 is 25.2. The maximum atomic E-state index is 13.0. The fraction of sp³-hybridized carbons (Fsp3) is 0.222. The molecule has 1 heterocycles. The number of carbonyl (C=O) groups excluding carboxylic acids is 1. The number of nitrogens with zero attached hydrogens (tertiary/aromatic N) is 4. The Morgan fingerprint density at radius 3 is 2.41 bits per heavy atom. The first kappa shape index (κ1) is 18.3. The summed E-state index contributed by atoms with van der Waals surface area (Å²) in [5, 5.41) is 14.0. The highest BCUT2D eigenvalue weighted by Gasteiger charge is 2.10. The summed E-state index contributed by atoms with van der Waals surface area (Å²) in [5.74, 6) is 1.04. The highest BCUT2D eigenvalue weighted by Crippen LogP contribution is 2.17. The van der Waals surface area contributed by atoms with Gasteiger partial charge in [-0.15, -0.1) is 5.10 Å². The molecule has 3 rings (SSSR count). The van der Waals surface area contributed by atoms with Crippen LogP contribution in [0, 0.1) is 5.82 Å². The zero-order valence-corrected chi connectivity index (χ0v) is 14.6. The van der Waals surface area contributed by atoms with Crippen LogP contribution in [0.3, 0.4) is 0 Å². The lowest BCUT2D eigenvalue weighted by Gasteiger charge is -2.09. The fourth-order valence-corrected chi connectivity index (χ4v) is 2.28. The topological polar surface area (TPSA) is 91.2 Å². The molecule has 0 saturated carbocycles. The number of hydrogen-bond donors (Lipinski definition) is 1. The number of rotatable bonds is 8. The Morgan fingerprint density at radius 1 is 1.07 bits per heavy atom. The highest BCUT2D eigenvalue weighted by molar-refractivity contribution is 5.77. The summed E-state index contributed by atoms with van der Waals surface area (Å²) in [4.78, 5) is 12.0. The van der Waals surface area contributed by atoms with Crippen molar-refractivity contribution in [3.63, 3.8) is 0 Å². The second kappa shape index (κ2) is 8.75. The minimum Gasteiger partial charge on any atom is -0.494 e. The van der Waals surface area contributed by atoms with E-state index in [2.05, 4.69) is 20.8 Å². The Hall–Kier alpha value is -3.49. The average molecular weight is 371 g/mol. The number of amides is 1. The number of nitrogens with one attached hydrogen (secondary N) is 1. The molecule has 1 N–H and O–H groups in total. The minimum atomic E-state index is -0.354. The molecule has 1 amide bonds. The third-order valence-electron chi connectivity index (χ3n) is 3.55. The molecule has 2 aromatic carbocycles. The number of carbonyl (C=O) groups is 1. The lowest BCUT2D eigenvalue weighted by atomic mass is 10.3. The third kappa shape index (κ3) is 5.00. The van der Waals surface area contributed by atoms with Crippen LogP contribution in [0.2, 0.25) is 0 Å². The van der Waals surface area contributed by atoms with E-state index in [-0.39, 0.29) is 24.9 Å². The minimum absolute atomic E-state index is 0.107. The second-order valence-electron chi connectivity index (χ2n) is 5.45. The average Bonchev–Trinajstić information content (AvgIpc) is 3.15. The van der Waals surface area contributed by atoms with Crippen LogP contribution in [-0.2, 0) is 11.3 Å². The van der Waals surface area contributed by atoms with E-state index in [1.807, 2.05) is 6.92 Å². The van der Waals surface area contributed by atoms with E-state index in [1.165, 1.54) is 16.8 Å². The maximum absolute atomic E-state index is 13.0. The highest BCUT2D eigenvalue weighted by atomic mass is 19.1. The van der Waals surface area contributed by atoms with Gasteiger partial charge in [-0.3, -0.25) is 4.79 Å². The second-order valence-corrected chi connectivity index (χ2v) is 5.45. The number of tetrazole rings is 1. The van der Waals surface area contributed by atoms with Crippen LogP contribution >= 0.6 is 0 Å². The van der Waals surface area contributed by atoms with E-state index < -0.39 is 0 Å². The lowest BCUT2D eigenvalue weighted by Crippen LogP contribution is -2.29. The SMILES string of the molecule is CCOc1ccc(OCC(=O)NCc2nnnn2-c2ccc(F)cc2)cc1. The van der Waals surface area contributed by atoms with E-state index in [9.17, 15) is 9.18 Å². The molecule has 0 aliphatic heterocycles. The molecule has 3 aromatic rings. The molecule has 8 nitrogen and oxygen atoms in total. The van der Waals surface area contributed by atoms with Gasteiger partial charge in [0.05, 0.1) is 18.8 Å². The Bertz CT molecular complexity index is 881. The van der Waals surface area contributed by atoms with Crippen molar-refractivity contribution in [3.8, 4) is 17.2 Å². The predicted molar refractivity (Wildman–Crippen MR) is 94.1 cm³/mol. The van der Waals surface area contributed by atoms with Crippen molar-refractivity contribution in [1.82, 2.24) is 25.5 Å².